The third-order valence-electron chi connectivity index (χ3n) is 5.28. The van der Waals surface area contributed by atoms with Gasteiger partial charge in [0, 0.05) is 34.9 Å². The first kappa shape index (κ1) is 20.7. The van der Waals surface area contributed by atoms with E-state index < -0.39 is 0 Å². The third-order valence-corrected chi connectivity index (χ3v) is 5.53. The summed E-state index contributed by atoms with van der Waals surface area (Å²) in [7, 11) is 0. The van der Waals surface area contributed by atoms with Crippen LogP contribution in [0.5, 0.6) is 0 Å². The summed E-state index contributed by atoms with van der Waals surface area (Å²) >= 11 is 6.01. The molecule has 0 radical (unpaired) electrons. The van der Waals surface area contributed by atoms with Gasteiger partial charge in [-0.2, -0.15) is 5.10 Å². The molecular formula is C26H20ClN5O. The second-order valence-corrected chi connectivity index (χ2v) is 7.99. The molecule has 2 heterocycles. The molecule has 33 heavy (non-hydrogen) atoms. The summed E-state index contributed by atoms with van der Waals surface area (Å²) in [6.45, 7) is 0.631. The summed E-state index contributed by atoms with van der Waals surface area (Å²) in [5.74, 6) is 0.0993. The predicted octanol–water partition coefficient (Wildman–Crippen LogP) is 5.74. The van der Waals surface area contributed by atoms with E-state index in [9.17, 15) is 4.79 Å². The number of aromatic amines is 1. The Hall–Kier alpha value is -4.16. The summed E-state index contributed by atoms with van der Waals surface area (Å²) in [6, 6.07) is 25.2. The zero-order chi connectivity index (χ0) is 22.6. The lowest BCUT2D eigenvalue weighted by Gasteiger charge is -2.05. The molecule has 2 aromatic heterocycles. The number of nitrogens with one attached hydrogen (secondary N) is 2. The fourth-order valence-corrected chi connectivity index (χ4v) is 3.80. The number of fused-ring (bicyclic) bond motifs is 1. The van der Waals surface area contributed by atoms with Gasteiger partial charge in [-0.1, -0.05) is 60.1 Å². The maximum Gasteiger partial charge on any atom is 0.230 e. The van der Waals surface area contributed by atoms with Crippen molar-refractivity contribution in [2.75, 3.05) is 5.43 Å². The topological polar surface area (TPSA) is 75.1 Å². The highest BCUT2D eigenvalue weighted by molar-refractivity contribution is 6.30. The van der Waals surface area contributed by atoms with Crippen molar-refractivity contribution in [3.8, 4) is 0 Å². The molecule has 162 valence electrons. The Morgan fingerprint density at radius 3 is 2.61 bits per heavy atom. The lowest BCUT2D eigenvalue weighted by Crippen LogP contribution is -2.04. The summed E-state index contributed by atoms with van der Waals surface area (Å²) in [5, 5.41) is 5.76. The SMILES string of the molecule is O=C(c1nc(C=NNc2ccccc2)c[nH]1)c1cn(Cc2ccc(Cl)cc2)c2ccccc12. The maximum atomic E-state index is 13.3. The van der Waals surface area contributed by atoms with E-state index in [1.54, 1.807) is 12.4 Å². The van der Waals surface area contributed by atoms with Crippen molar-refractivity contribution < 1.29 is 4.79 Å². The van der Waals surface area contributed by atoms with Gasteiger partial charge in [0.15, 0.2) is 5.82 Å². The summed E-state index contributed by atoms with van der Waals surface area (Å²) < 4.78 is 2.07. The van der Waals surface area contributed by atoms with E-state index in [1.807, 2.05) is 85.1 Å². The number of benzene rings is 3. The predicted molar refractivity (Wildman–Crippen MR) is 132 cm³/mol. The van der Waals surface area contributed by atoms with Gasteiger partial charge in [-0.15, -0.1) is 0 Å². The van der Waals surface area contributed by atoms with Crippen molar-refractivity contribution in [1.29, 1.82) is 0 Å². The van der Waals surface area contributed by atoms with Crippen LogP contribution in [0.3, 0.4) is 0 Å². The number of hydrazone groups is 1. The molecule has 0 saturated carbocycles. The van der Waals surface area contributed by atoms with Crippen LogP contribution >= 0.6 is 11.6 Å². The number of hydrogen-bond donors (Lipinski definition) is 2. The number of H-pyrrole nitrogens is 1. The van der Waals surface area contributed by atoms with Crippen LogP contribution < -0.4 is 5.43 Å². The lowest BCUT2D eigenvalue weighted by atomic mass is 10.1. The Morgan fingerprint density at radius 1 is 1.03 bits per heavy atom. The lowest BCUT2D eigenvalue weighted by molar-refractivity contribution is 0.103. The van der Waals surface area contributed by atoms with Gasteiger partial charge in [0.2, 0.25) is 5.78 Å². The van der Waals surface area contributed by atoms with Gasteiger partial charge in [-0.25, -0.2) is 4.98 Å². The van der Waals surface area contributed by atoms with Crippen LogP contribution in [0, 0.1) is 0 Å². The summed E-state index contributed by atoms with van der Waals surface area (Å²) in [4.78, 5) is 20.7. The van der Waals surface area contributed by atoms with Crippen LogP contribution in [-0.2, 0) is 6.54 Å². The number of carbonyl (C=O) groups excluding carboxylic acids is 1. The molecule has 0 bridgehead atoms. The molecular weight excluding hydrogens is 434 g/mol. The van der Waals surface area contributed by atoms with Gasteiger partial charge in [0.25, 0.3) is 0 Å². The molecule has 0 fully saturated rings. The van der Waals surface area contributed by atoms with Gasteiger partial charge < -0.3 is 9.55 Å². The number of nitrogens with zero attached hydrogens (tertiary/aromatic N) is 3. The third kappa shape index (κ3) is 4.56. The van der Waals surface area contributed by atoms with Crippen molar-refractivity contribution in [3.05, 3.63) is 119 Å². The number of hydrogen-bond acceptors (Lipinski definition) is 4. The number of anilines is 1. The van der Waals surface area contributed by atoms with Gasteiger partial charge in [-0.3, -0.25) is 10.2 Å². The van der Waals surface area contributed by atoms with E-state index in [2.05, 4.69) is 25.1 Å². The van der Waals surface area contributed by atoms with Crippen LogP contribution in [-0.4, -0.2) is 26.5 Å². The quantitative estimate of drug-likeness (QED) is 0.187. The van der Waals surface area contributed by atoms with Gasteiger partial charge in [0.05, 0.1) is 17.5 Å². The van der Waals surface area contributed by atoms with Gasteiger partial charge in [0.1, 0.15) is 5.69 Å². The second kappa shape index (κ2) is 9.14. The zero-order valence-corrected chi connectivity index (χ0v) is 18.3. The highest BCUT2D eigenvalue weighted by Crippen LogP contribution is 2.24. The average molecular weight is 454 g/mol. The van der Waals surface area contributed by atoms with Crippen LogP contribution in [0.1, 0.15) is 27.4 Å². The van der Waals surface area contributed by atoms with E-state index >= 15 is 0 Å². The number of halogens is 1. The number of rotatable bonds is 7. The Balaban J connectivity index is 1.39. The van der Waals surface area contributed by atoms with Crippen molar-refractivity contribution in [2.24, 2.45) is 5.10 Å². The molecule has 0 atom stereocenters. The number of aromatic nitrogens is 3. The molecule has 0 amide bonds. The van der Waals surface area contributed by atoms with Crippen LogP contribution in [0.25, 0.3) is 10.9 Å². The molecule has 3 aromatic carbocycles. The minimum absolute atomic E-state index is 0.170. The molecule has 5 aromatic rings. The van der Waals surface area contributed by atoms with Gasteiger partial charge >= 0.3 is 0 Å². The smallest absolute Gasteiger partial charge is 0.230 e. The summed E-state index contributed by atoms with van der Waals surface area (Å²) in [5.41, 5.74) is 7.05. The molecule has 0 aliphatic heterocycles. The molecule has 0 spiro atoms. The molecule has 0 saturated heterocycles. The van der Waals surface area contributed by atoms with Crippen molar-refractivity contribution in [2.45, 2.75) is 6.54 Å². The molecule has 6 nitrogen and oxygen atoms in total. The Morgan fingerprint density at radius 2 is 1.79 bits per heavy atom. The van der Waals surface area contributed by atoms with E-state index in [1.165, 1.54) is 0 Å². The highest BCUT2D eigenvalue weighted by Gasteiger charge is 2.19. The second-order valence-electron chi connectivity index (χ2n) is 7.55. The van der Waals surface area contributed by atoms with Crippen LogP contribution in [0.15, 0.2) is 96.4 Å². The Labute approximate surface area is 195 Å². The molecule has 0 aliphatic carbocycles. The van der Waals surface area contributed by atoms with Crippen molar-refractivity contribution >= 4 is 40.2 Å². The largest absolute Gasteiger partial charge is 0.342 e. The molecule has 5 rings (SSSR count). The maximum absolute atomic E-state index is 13.3. The van der Waals surface area contributed by atoms with Crippen LogP contribution in [0.2, 0.25) is 5.02 Å². The molecule has 2 N–H and O–H groups in total. The van der Waals surface area contributed by atoms with Gasteiger partial charge in [-0.05, 0) is 35.9 Å². The molecule has 0 unspecified atom stereocenters. The fraction of sp³-hybridized carbons (Fsp3) is 0.0385. The minimum Gasteiger partial charge on any atom is -0.342 e. The first-order valence-electron chi connectivity index (χ1n) is 10.4. The fourth-order valence-electron chi connectivity index (χ4n) is 3.68. The first-order valence-corrected chi connectivity index (χ1v) is 10.8. The van der Waals surface area contributed by atoms with Crippen molar-refractivity contribution in [3.63, 3.8) is 0 Å². The van der Waals surface area contributed by atoms with E-state index in [0.29, 0.717) is 22.8 Å². The number of para-hydroxylation sites is 2. The average Bonchev–Trinajstić information content (AvgIpc) is 3.46. The standard InChI is InChI=1S/C26H20ClN5O/c27-19-12-10-18(11-13-19)16-32-17-23(22-8-4-5-9-24(22)32)25(33)26-28-14-21(30-26)15-29-31-20-6-2-1-3-7-20/h1-15,17,31H,16H2,(H,28,30). The first-order chi connectivity index (χ1) is 16.2. The van der Waals surface area contributed by atoms with E-state index in [0.717, 1.165) is 22.2 Å². The van der Waals surface area contributed by atoms with E-state index in [-0.39, 0.29) is 11.6 Å². The molecule has 0 aliphatic rings. The Kier molecular flexibility index (Phi) is 5.74. The van der Waals surface area contributed by atoms with Crippen LogP contribution in [0.4, 0.5) is 5.69 Å². The zero-order valence-electron chi connectivity index (χ0n) is 17.6. The van der Waals surface area contributed by atoms with E-state index in [4.69, 9.17) is 11.6 Å². The minimum atomic E-state index is -0.170. The molecule has 7 heteroatoms. The monoisotopic (exact) mass is 453 g/mol. The summed E-state index contributed by atoms with van der Waals surface area (Å²) in [6.07, 6.45) is 5.12. The normalized spacial score (nSPS) is 11.3. The highest BCUT2D eigenvalue weighted by atomic mass is 35.5. The van der Waals surface area contributed by atoms with Crippen molar-refractivity contribution in [1.82, 2.24) is 14.5 Å². The Bertz CT molecular complexity index is 1430. The number of carbonyl (C=O) groups is 1. The number of ketones is 1. The number of imidazole rings is 1.